The number of nitrogens with two attached hydrogens (primary N) is 1. The number of nitrogens with zero attached hydrogens (tertiary/aromatic N) is 1. The average molecular weight is 596 g/mol. The number of nitrogens with one attached hydrogen (secondary N) is 3. The zero-order valence-electron chi connectivity index (χ0n) is 23.1. The van der Waals surface area contributed by atoms with Crippen LogP contribution in [0.2, 0.25) is 0 Å². The number of morpholine rings is 1. The molecule has 2 heterocycles. The molecule has 5 rings (SSSR count). The number of para-hydroxylation sites is 2. The van der Waals surface area contributed by atoms with Crippen LogP contribution in [0.4, 0.5) is 30.2 Å². The number of halogens is 3. The van der Waals surface area contributed by atoms with Crippen LogP contribution < -0.4 is 26.4 Å². The highest BCUT2D eigenvalue weighted by molar-refractivity contribution is 6.03. The number of alkyl halides is 3. The number of benzene rings is 3. The summed E-state index contributed by atoms with van der Waals surface area (Å²) in [5.41, 5.74) is 8.60. The average Bonchev–Trinajstić information content (AvgIpc) is 3.60. The molecule has 2 aliphatic heterocycles. The minimum Gasteiger partial charge on any atom is -0.406 e. The van der Waals surface area contributed by atoms with Crippen LogP contribution >= 0.6 is 0 Å². The molecule has 0 spiro atoms. The molecule has 2 aliphatic rings. The first-order chi connectivity index (χ1) is 20.6. The van der Waals surface area contributed by atoms with Crippen molar-refractivity contribution in [1.82, 2.24) is 10.2 Å². The Morgan fingerprint density at radius 3 is 2.44 bits per heavy atom. The molecule has 3 aromatic carbocycles. The van der Waals surface area contributed by atoms with Gasteiger partial charge in [0.2, 0.25) is 11.8 Å². The van der Waals surface area contributed by atoms with Gasteiger partial charge in [0.25, 0.3) is 0 Å². The van der Waals surface area contributed by atoms with E-state index in [0.29, 0.717) is 41.8 Å². The lowest BCUT2D eigenvalue weighted by molar-refractivity contribution is -0.274. The molecular formula is C31H32F3N5O4. The van der Waals surface area contributed by atoms with E-state index in [1.807, 2.05) is 0 Å². The highest BCUT2D eigenvalue weighted by Crippen LogP contribution is 2.28. The van der Waals surface area contributed by atoms with E-state index in [2.05, 4.69) is 25.6 Å². The lowest BCUT2D eigenvalue weighted by Crippen LogP contribution is -2.43. The zero-order chi connectivity index (χ0) is 30.4. The Morgan fingerprint density at radius 1 is 1.05 bits per heavy atom. The number of amides is 2. The van der Waals surface area contributed by atoms with Gasteiger partial charge in [-0.3, -0.25) is 14.5 Å². The maximum absolute atomic E-state index is 13.4. The quantitative estimate of drug-likeness (QED) is 0.190. The van der Waals surface area contributed by atoms with E-state index in [-0.39, 0.29) is 23.7 Å². The first-order valence-corrected chi connectivity index (χ1v) is 13.8. The van der Waals surface area contributed by atoms with Gasteiger partial charge in [-0.1, -0.05) is 36.4 Å². The highest BCUT2D eigenvalue weighted by atomic mass is 19.4. The molecule has 0 radical (unpaired) electrons. The third-order valence-electron chi connectivity index (χ3n) is 7.29. The number of hydrogen-bond donors (Lipinski definition) is 4. The van der Waals surface area contributed by atoms with E-state index >= 15 is 0 Å². The summed E-state index contributed by atoms with van der Waals surface area (Å²) < 4.78 is 47.1. The number of fused-ring (bicyclic) bond motifs is 2. The van der Waals surface area contributed by atoms with E-state index in [1.54, 1.807) is 54.6 Å². The van der Waals surface area contributed by atoms with E-state index in [9.17, 15) is 22.8 Å². The summed E-state index contributed by atoms with van der Waals surface area (Å²) in [6, 6.07) is 18.7. The zero-order valence-corrected chi connectivity index (χ0v) is 23.1. The lowest BCUT2D eigenvalue weighted by Gasteiger charge is -2.27. The highest BCUT2D eigenvalue weighted by Gasteiger charge is 2.38. The van der Waals surface area contributed by atoms with Crippen molar-refractivity contribution in [3.05, 3.63) is 90.0 Å². The van der Waals surface area contributed by atoms with Crippen molar-refractivity contribution >= 4 is 35.0 Å². The number of carbonyl (C=O) groups excluding carboxylic acids is 2. The Labute approximate surface area is 246 Å². The monoisotopic (exact) mass is 595 g/mol. The van der Waals surface area contributed by atoms with Crippen molar-refractivity contribution in [1.29, 1.82) is 0 Å². The predicted molar refractivity (Wildman–Crippen MR) is 157 cm³/mol. The van der Waals surface area contributed by atoms with Crippen molar-refractivity contribution < 1.29 is 32.2 Å². The fourth-order valence-corrected chi connectivity index (χ4v) is 5.18. The number of nitrogen functional groups attached to an aromatic ring is 1. The SMILES string of the molecule is Nc1ccccc1NC(=O)/C=C/c1ccc([C@H](NCCN2CC3CC2CO3)C(=O)Nc2ccc(OC(F)(F)F)cc2)cc1. The summed E-state index contributed by atoms with van der Waals surface area (Å²) in [5.74, 6) is -1.10. The molecule has 9 nitrogen and oxygen atoms in total. The third-order valence-corrected chi connectivity index (χ3v) is 7.29. The summed E-state index contributed by atoms with van der Waals surface area (Å²) in [6.45, 7) is 2.85. The van der Waals surface area contributed by atoms with Gasteiger partial charge in [0.05, 0.1) is 24.1 Å². The summed E-state index contributed by atoms with van der Waals surface area (Å²) in [7, 11) is 0. The first kappa shape index (κ1) is 30.1. The van der Waals surface area contributed by atoms with Crippen LogP contribution in [0.3, 0.4) is 0 Å². The van der Waals surface area contributed by atoms with Crippen LogP contribution in [-0.4, -0.2) is 61.5 Å². The number of anilines is 3. The number of hydrogen-bond acceptors (Lipinski definition) is 7. The van der Waals surface area contributed by atoms with E-state index in [4.69, 9.17) is 10.5 Å². The Balaban J connectivity index is 1.24. The molecule has 43 heavy (non-hydrogen) atoms. The molecule has 0 aliphatic carbocycles. The summed E-state index contributed by atoms with van der Waals surface area (Å²) in [5, 5.41) is 8.82. The molecular weight excluding hydrogens is 563 g/mol. The third kappa shape index (κ3) is 8.34. The van der Waals surface area contributed by atoms with Gasteiger partial charge in [0.1, 0.15) is 11.8 Å². The van der Waals surface area contributed by atoms with Crippen LogP contribution in [0, 0.1) is 0 Å². The molecule has 0 aromatic heterocycles. The second-order valence-corrected chi connectivity index (χ2v) is 10.4. The maximum atomic E-state index is 13.4. The topological polar surface area (TPSA) is 118 Å². The van der Waals surface area contributed by atoms with E-state index in [1.165, 1.54) is 18.2 Å². The summed E-state index contributed by atoms with van der Waals surface area (Å²) in [4.78, 5) is 28.1. The molecule has 2 fully saturated rings. The molecule has 226 valence electrons. The number of rotatable bonds is 11. The van der Waals surface area contributed by atoms with Crippen molar-refractivity contribution in [2.45, 2.75) is 31.0 Å². The van der Waals surface area contributed by atoms with Gasteiger partial charge in [-0.05, 0) is 60.0 Å². The Bertz CT molecular complexity index is 1450. The Hall–Kier alpha value is -4.39. The molecule has 2 amide bonds. The van der Waals surface area contributed by atoms with Crippen molar-refractivity contribution in [2.24, 2.45) is 0 Å². The normalized spacial score (nSPS) is 19.0. The first-order valence-electron chi connectivity index (χ1n) is 13.8. The van der Waals surface area contributed by atoms with Gasteiger partial charge in [-0.25, -0.2) is 0 Å². The molecule has 0 saturated carbocycles. The molecule has 12 heteroatoms. The lowest BCUT2D eigenvalue weighted by atomic mass is 10.0. The van der Waals surface area contributed by atoms with E-state index in [0.717, 1.165) is 37.2 Å². The Kier molecular flexibility index (Phi) is 9.29. The second kappa shape index (κ2) is 13.3. The van der Waals surface area contributed by atoms with Crippen molar-refractivity contribution in [3.63, 3.8) is 0 Å². The van der Waals surface area contributed by atoms with E-state index < -0.39 is 12.4 Å². The van der Waals surface area contributed by atoms with Crippen LogP contribution in [0.15, 0.2) is 78.9 Å². The fourth-order valence-electron chi connectivity index (χ4n) is 5.18. The van der Waals surface area contributed by atoms with Gasteiger partial charge in [0.15, 0.2) is 0 Å². The van der Waals surface area contributed by atoms with Crippen molar-refractivity contribution in [3.8, 4) is 5.75 Å². The van der Waals surface area contributed by atoms with Gasteiger partial charge >= 0.3 is 6.36 Å². The Morgan fingerprint density at radius 2 is 1.79 bits per heavy atom. The van der Waals surface area contributed by atoms with Crippen LogP contribution in [0.5, 0.6) is 5.75 Å². The summed E-state index contributed by atoms with van der Waals surface area (Å²) in [6.07, 6.45) is -0.480. The molecule has 5 N–H and O–H groups in total. The van der Waals surface area contributed by atoms with Gasteiger partial charge in [0, 0.05) is 37.4 Å². The van der Waals surface area contributed by atoms with Crippen molar-refractivity contribution in [2.75, 3.05) is 42.6 Å². The smallest absolute Gasteiger partial charge is 0.406 e. The van der Waals surface area contributed by atoms with Crippen LogP contribution in [0.1, 0.15) is 23.6 Å². The van der Waals surface area contributed by atoms with Gasteiger partial charge in [-0.2, -0.15) is 0 Å². The standard InChI is InChI=1S/C31H32F3N5O4/c32-31(33,34)43-24-12-10-22(11-13-24)37-30(41)29(36-15-16-39-18-25-17-23(39)19-42-25)21-8-5-20(6-9-21)7-14-28(40)38-27-4-2-1-3-26(27)35/h1-14,23,25,29,36H,15-19,35H2,(H,37,41)(H,38,40)/b14-7+/t23?,25?,29-/m0/s1. The maximum Gasteiger partial charge on any atom is 0.573 e. The molecule has 2 unspecified atom stereocenters. The molecule has 3 aromatic rings. The van der Waals surface area contributed by atoms with Gasteiger partial charge < -0.3 is 31.2 Å². The summed E-state index contributed by atoms with van der Waals surface area (Å²) >= 11 is 0. The largest absolute Gasteiger partial charge is 0.573 e. The fraction of sp³-hybridized carbons (Fsp3) is 0.290. The molecule has 2 saturated heterocycles. The second-order valence-electron chi connectivity index (χ2n) is 10.4. The number of carbonyl (C=O) groups is 2. The predicted octanol–water partition coefficient (Wildman–Crippen LogP) is 4.56. The van der Waals surface area contributed by atoms with Crippen LogP contribution in [0.25, 0.3) is 6.08 Å². The molecule has 3 atom stereocenters. The van der Waals surface area contributed by atoms with Gasteiger partial charge in [-0.15, -0.1) is 13.2 Å². The number of likely N-dealkylation sites (tertiary alicyclic amines) is 1. The molecule has 2 bridgehead atoms. The number of ether oxygens (including phenoxy) is 2. The minimum absolute atomic E-state index is 0.265. The minimum atomic E-state index is -4.80. The van der Waals surface area contributed by atoms with Crippen LogP contribution in [-0.2, 0) is 14.3 Å².